The molecule has 0 spiro atoms. The summed E-state index contributed by atoms with van der Waals surface area (Å²) in [5.74, 6) is 0.775. The lowest BCUT2D eigenvalue weighted by Crippen LogP contribution is -2.50. The maximum absolute atomic E-state index is 9.97. The fourth-order valence-electron chi connectivity index (χ4n) is 3.94. The van der Waals surface area contributed by atoms with Crippen molar-refractivity contribution in [2.45, 2.75) is 12.0 Å². The summed E-state index contributed by atoms with van der Waals surface area (Å²) in [7, 11) is 2.18. The lowest BCUT2D eigenvalue weighted by Gasteiger charge is -2.46. The van der Waals surface area contributed by atoms with E-state index in [1.807, 2.05) is 12.1 Å². The Morgan fingerprint density at radius 1 is 0.955 bits per heavy atom. The number of aromatic hydroxyl groups is 1. The standard InChI is InChI=1S/C19H22N2O/c1-20-9-10-21-12-18(14-5-3-2-4-6-14)16-8-7-15(22)11-17(16)19(21)13-20/h2-8,11,18-19,22H,9-10,12-13H2,1H3/t18-,19-/m0/s1. The average molecular weight is 294 g/mol. The minimum Gasteiger partial charge on any atom is -0.508 e. The highest BCUT2D eigenvalue weighted by Gasteiger charge is 2.36. The summed E-state index contributed by atoms with van der Waals surface area (Å²) in [6.45, 7) is 4.32. The molecule has 4 rings (SSSR count). The van der Waals surface area contributed by atoms with E-state index in [9.17, 15) is 5.11 Å². The Bertz CT molecular complexity index is 670. The summed E-state index contributed by atoms with van der Waals surface area (Å²) in [6.07, 6.45) is 0. The van der Waals surface area contributed by atoms with Crippen LogP contribution in [0.25, 0.3) is 0 Å². The molecule has 2 aromatic carbocycles. The van der Waals surface area contributed by atoms with Gasteiger partial charge < -0.3 is 10.0 Å². The molecule has 2 aromatic rings. The Kier molecular flexibility index (Phi) is 3.40. The van der Waals surface area contributed by atoms with Crippen LogP contribution >= 0.6 is 0 Å². The maximum atomic E-state index is 9.97. The predicted molar refractivity (Wildman–Crippen MR) is 88.2 cm³/mol. The molecular weight excluding hydrogens is 272 g/mol. The fourth-order valence-corrected chi connectivity index (χ4v) is 3.94. The van der Waals surface area contributed by atoms with Gasteiger partial charge in [0.05, 0.1) is 0 Å². The third-order valence-corrected chi connectivity index (χ3v) is 5.12. The first-order valence-corrected chi connectivity index (χ1v) is 8.03. The maximum Gasteiger partial charge on any atom is 0.115 e. The molecule has 2 aliphatic heterocycles. The molecule has 0 radical (unpaired) electrons. The predicted octanol–water partition coefficient (Wildman–Crippen LogP) is 2.83. The van der Waals surface area contributed by atoms with Crippen LogP contribution in [0.15, 0.2) is 48.5 Å². The summed E-state index contributed by atoms with van der Waals surface area (Å²) in [5, 5.41) is 9.97. The van der Waals surface area contributed by atoms with Gasteiger partial charge in [0, 0.05) is 38.1 Å². The van der Waals surface area contributed by atoms with Crippen LogP contribution < -0.4 is 0 Å². The van der Waals surface area contributed by atoms with Gasteiger partial charge in [-0.2, -0.15) is 0 Å². The van der Waals surface area contributed by atoms with Crippen molar-refractivity contribution in [2.24, 2.45) is 0 Å². The first-order chi connectivity index (χ1) is 10.7. The fraction of sp³-hybridized carbons (Fsp3) is 0.368. The molecule has 2 atom stereocenters. The van der Waals surface area contributed by atoms with E-state index in [2.05, 4.69) is 53.2 Å². The number of fused-ring (bicyclic) bond motifs is 3. The van der Waals surface area contributed by atoms with E-state index >= 15 is 0 Å². The van der Waals surface area contributed by atoms with Crippen LogP contribution in [0.2, 0.25) is 0 Å². The number of hydrogen-bond acceptors (Lipinski definition) is 3. The molecule has 1 N–H and O–H groups in total. The van der Waals surface area contributed by atoms with E-state index < -0.39 is 0 Å². The Hall–Kier alpha value is -1.84. The van der Waals surface area contributed by atoms with Crippen molar-refractivity contribution in [3.05, 3.63) is 65.2 Å². The average Bonchev–Trinajstić information content (AvgIpc) is 2.55. The van der Waals surface area contributed by atoms with Gasteiger partial charge in [-0.25, -0.2) is 0 Å². The molecule has 0 aliphatic carbocycles. The Morgan fingerprint density at radius 3 is 2.59 bits per heavy atom. The molecule has 3 heteroatoms. The molecule has 0 aromatic heterocycles. The minimum atomic E-state index is 0.376. The molecule has 1 saturated heterocycles. The molecule has 1 fully saturated rings. The number of likely N-dealkylation sites (N-methyl/N-ethyl adjacent to an activating group) is 1. The normalized spacial score (nSPS) is 25.5. The van der Waals surface area contributed by atoms with Crippen molar-refractivity contribution in [3.63, 3.8) is 0 Å². The molecule has 0 bridgehead atoms. The summed E-state index contributed by atoms with van der Waals surface area (Å²) >= 11 is 0. The largest absolute Gasteiger partial charge is 0.508 e. The molecule has 2 aliphatic rings. The van der Waals surface area contributed by atoms with Crippen LogP contribution in [0.4, 0.5) is 0 Å². The zero-order chi connectivity index (χ0) is 15.1. The van der Waals surface area contributed by atoms with Gasteiger partial charge in [-0.15, -0.1) is 0 Å². The third-order valence-electron chi connectivity index (χ3n) is 5.12. The second kappa shape index (κ2) is 5.41. The highest BCUT2D eigenvalue weighted by atomic mass is 16.3. The van der Waals surface area contributed by atoms with E-state index in [-0.39, 0.29) is 0 Å². The summed E-state index contributed by atoms with van der Waals surface area (Å²) in [6, 6.07) is 17.1. The summed E-state index contributed by atoms with van der Waals surface area (Å²) < 4.78 is 0. The van der Waals surface area contributed by atoms with Crippen LogP contribution in [-0.2, 0) is 0 Å². The van der Waals surface area contributed by atoms with Gasteiger partial charge >= 0.3 is 0 Å². The summed E-state index contributed by atoms with van der Waals surface area (Å²) in [5.41, 5.74) is 4.04. The van der Waals surface area contributed by atoms with Crippen molar-refractivity contribution in [3.8, 4) is 5.75 Å². The van der Waals surface area contributed by atoms with Gasteiger partial charge in [-0.3, -0.25) is 4.90 Å². The molecule has 0 unspecified atom stereocenters. The second-order valence-corrected chi connectivity index (χ2v) is 6.55. The number of phenols is 1. The quantitative estimate of drug-likeness (QED) is 0.876. The van der Waals surface area contributed by atoms with Crippen molar-refractivity contribution in [2.75, 3.05) is 33.2 Å². The van der Waals surface area contributed by atoms with Crippen LogP contribution in [-0.4, -0.2) is 48.1 Å². The zero-order valence-corrected chi connectivity index (χ0v) is 12.9. The smallest absolute Gasteiger partial charge is 0.115 e. The molecule has 0 amide bonds. The van der Waals surface area contributed by atoms with E-state index in [0.29, 0.717) is 17.7 Å². The van der Waals surface area contributed by atoms with Crippen LogP contribution in [0.5, 0.6) is 5.75 Å². The van der Waals surface area contributed by atoms with Gasteiger partial charge in [0.1, 0.15) is 5.75 Å². The zero-order valence-electron chi connectivity index (χ0n) is 12.9. The van der Waals surface area contributed by atoms with Crippen molar-refractivity contribution >= 4 is 0 Å². The van der Waals surface area contributed by atoms with Gasteiger partial charge in [-0.05, 0) is 35.9 Å². The second-order valence-electron chi connectivity index (χ2n) is 6.55. The molecule has 114 valence electrons. The SMILES string of the molecule is CN1CCN2C[C@@H](c3ccccc3)c3ccc(O)cc3[C@@H]2C1. The molecular formula is C19H22N2O. The van der Waals surface area contributed by atoms with Crippen molar-refractivity contribution in [1.29, 1.82) is 0 Å². The monoisotopic (exact) mass is 294 g/mol. The number of benzene rings is 2. The van der Waals surface area contributed by atoms with Gasteiger partial charge in [0.25, 0.3) is 0 Å². The first-order valence-electron chi connectivity index (χ1n) is 8.03. The Morgan fingerprint density at radius 2 is 1.77 bits per heavy atom. The van der Waals surface area contributed by atoms with Crippen LogP contribution in [0, 0.1) is 0 Å². The van der Waals surface area contributed by atoms with Crippen LogP contribution in [0.3, 0.4) is 0 Å². The third kappa shape index (κ3) is 2.31. The van der Waals surface area contributed by atoms with Gasteiger partial charge in [-0.1, -0.05) is 36.4 Å². The van der Waals surface area contributed by atoms with Gasteiger partial charge in [0.2, 0.25) is 0 Å². The number of hydrogen-bond donors (Lipinski definition) is 1. The lowest BCUT2D eigenvalue weighted by atomic mass is 9.80. The van der Waals surface area contributed by atoms with E-state index in [0.717, 1.165) is 26.2 Å². The van der Waals surface area contributed by atoms with Crippen LogP contribution in [0.1, 0.15) is 28.7 Å². The Labute approximate surface area is 131 Å². The lowest BCUT2D eigenvalue weighted by molar-refractivity contribution is 0.0771. The number of nitrogens with zero attached hydrogens (tertiary/aromatic N) is 2. The van der Waals surface area contributed by atoms with Crippen molar-refractivity contribution in [1.82, 2.24) is 9.80 Å². The van der Waals surface area contributed by atoms with Gasteiger partial charge in [0.15, 0.2) is 0 Å². The molecule has 22 heavy (non-hydrogen) atoms. The molecule has 0 saturated carbocycles. The highest BCUT2D eigenvalue weighted by molar-refractivity contribution is 5.46. The van der Waals surface area contributed by atoms with E-state index in [4.69, 9.17) is 0 Å². The first kappa shape index (κ1) is 13.8. The van der Waals surface area contributed by atoms with E-state index in [1.54, 1.807) is 0 Å². The number of rotatable bonds is 1. The molecule has 2 heterocycles. The minimum absolute atomic E-state index is 0.376. The topological polar surface area (TPSA) is 26.7 Å². The number of phenolic OH excluding ortho intramolecular Hbond substituents is 1. The number of piperazine rings is 1. The van der Waals surface area contributed by atoms with Crippen molar-refractivity contribution < 1.29 is 5.11 Å². The molecule has 3 nitrogen and oxygen atoms in total. The summed E-state index contributed by atoms with van der Waals surface area (Å²) in [4.78, 5) is 4.97. The van der Waals surface area contributed by atoms with E-state index in [1.165, 1.54) is 16.7 Å². The highest BCUT2D eigenvalue weighted by Crippen LogP contribution is 2.41. The Balaban J connectivity index is 1.81.